The van der Waals surface area contributed by atoms with E-state index in [4.69, 9.17) is 4.74 Å². The van der Waals surface area contributed by atoms with Gasteiger partial charge in [-0.15, -0.1) is 6.58 Å². The lowest BCUT2D eigenvalue weighted by Gasteiger charge is -2.24. The molecule has 1 N–H and O–H groups in total. The molecule has 1 fully saturated rings. The third kappa shape index (κ3) is 5.22. The highest BCUT2D eigenvalue weighted by Crippen LogP contribution is 2.18. The highest BCUT2D eigenvalue weighted by atomic mass is 16.6. The van der Waals surface area contributed by atoms with Crippen LogP contribution in [0.4, 0.5) is 4.79 Å². The van der Waals surface area contributed by atoms with Crippen LogP contribution in [-0.4, -0.2) is 42.8 Å². The Kier molecular flexibility index (Phi) is 5.00. The van der Waals surface area contributed by atoms with E-state index in [-0.39, 0.29) is 6.09 Å². The van der Waals surface area contributed by atoms with E-state index in [0.717, 1.165) is 32.6 Å². The van der Waals surface area contributed by atoms with Gasteiger partial charge in [0.15, 0.2) is 0 Å². The van der Waals surface area contributed by atoms with Gasteiger partial charge in [0.05, 0.1) is 0 Å². The third-order valence-electron chi connectivity index (χ3n) is 2.66. The van der Waals surface area contributed by atoms with Crippen molar-refractivity contribution >= 4 is 6.09 Å². The molecule has 4 nitrogen and oxygen atoms in total. The van der Waals surface area contributed by atoms with Gasteiger partial charge in [-0.1, -0.05) is 6.08 Å². The zero-order chi connectivity index (χ0) is 12.9. The maximum Gasteiger partial charge on any atom is 0.410 e. The summed E-state index contributed by atoms with van der Waals surface area (Å²) < 4.78 is 5.35. The number of amides is 1. The maximum absolute atomic E-state index is 11.8. The lowest BCUT2D eigenvalue weighted by Crippen LogP contribution is -2.36. The van der Waals surface area contributed by atoms with Crippen molar-refractivity contribution < 1.29 is 9.53 Å². The largest absolute Gasteiger partial charge is 0.444 e. The minimum absolute atomic E-state index is 0.191. The molecule has 0 aromatic carbocycles. The van der Waals surface area contributed by atoms with E-state index in [1.807, 2.05) is 26.8 Å². The number of carbonyl (C=O) groups excluding carboxylic acids is 1. The summed E-state index contributed by atoms with van der Waals surface area (Å²) in [5.41, 5.74) is -0.406. The smallest absolute Gasteiger partial charge is 0.410 e. The predicted octanol–water partition coefficient (Wildman–Crippen LogP) is 2.02. The van der Waals surface area contributed by atoms with Gasteiger partial charge < -0.3 is 15.0 Å². The lowest BCUT2D eigenvalue weighted by atomic mass is 10.1. The molecule has 17 heavy (non-hydrogen) atoms. The SMILES string of the molecule is C=CCNC[C@@H]1CCN(C(=O)OC(C)(C)C)C1. The molecule has 0 aromatic heterocycles. The van der Waals surface area contributed by atoms with Gasteiger partial charge in [0, 0.05) is 26.2 Å². The number of nitrogens with zero attached hydrogens (tertiary/aromatic N) is 1. The summed E-state index contributed by atoms with van der Waals surface area (Å²) in [5, 5.41) is 3.29. The van der Waals surface area contributed by atoms with Crippen LogP contribution in [-0.2, 0) is 4.74 Å². The summed E-state index contributed by atoms with van der Waals surface area (Å²) in [6.45, 7) is 12.7. The van der Waals surface area contributed by atoms with E-state index in [1.165, 1.54) is 0 Å². The summed E-state index contributed by atoms with van der Waals surface area (Å²) >= 11 is 0. The van der Waals surface area contributed by atoms with Crippen LogP contribution in [0.1, 0.15) is 27.2 Å². The molecule has 0 spiro atoms. The summed E-state index contributed by atoms with van der Waals surface area (Å²) in [4.78, 5) is 13.6. The fraction of sp³-hybridized carbons (Fsp3) is 0.769. The summed E-state index contributed by atoms with van der Waals surface area (Å²) in [7, 11) is 0. The first-order valence-electron chi connectivity index (χ1n) is 6.22. The number of rotatable bonds is 4. The Hall–Kier alpha value is -1.03. The highest BCUT2D eigenvalue weighted by Gasteiger charge is 2.29. The number of hydrogen-bond donors (Lipinski definition) is 1. The number of hydrogen-bond acceptors (Lipinski definition) is 3. The number of nitrogens with one attached hydrogen (secondary N) is 1. The first kappa shape index (κ1) is 14.0. The molecule has 1 atom stereocenters. The van der Waals surface area contributed by atoms with E-state index < -0.39 is 5.60 Å². The highest BCUT2D eigenvalue weighted by molar-refractivity contribution is 5.68. The molecule has 1 rings (SSSR count). The third-order valence-corrected chi connectivity index (χ3v) is 2.66. The Morgan fingerprint density at radius 3 is 2.88 bits per heavy atom. The lowest BCUT2D eigenvalue weighted by molar-refractivity contribution is 0.0288. The molecule has 1 amide bonds. The summed E-state index contributed by atoms with van der Waals surface area (Å²) in [6, 6.07) is 0. The van der Waals surface area contributed by atoms with E-state index in [1.54, 1.807) is 4.90 Å². The van der Waals surface area contributed by atoms with Gasteiger partial charge in [0.2, 0.25) is 0 Å². The predicted molar refractivity (Wildman–Crippen MR) is 69.0 cm³/mol. The maximum atomic E-state index is 11.8. The van der Waals surface area contributed by atoms with Crippen molar-refractivity contribution in [2.24, 2.45) is 5.92 Å². The van der Waals surface area contributed by atoms with Gasteiger partial charge in [-0.2, -0.15) is 0 Å². The van der Waals surface area contributed by atoms with Crippen molar-refractivity contribution in [2.45, 2.75) is 32.8 Å². The van der Waals surface area contributed by atoms with Crippen LogP contribution in [0.25, 0.3) is 0 Å². The van der Waals surface area contributed by atoms with Crippen LogP contribution in [0.2, 0.25) is 0 Å². The number of likely N-dealkylation sites (tertiary alicyclic amines) is 1. The van der Waals surface area contributed by atoms with E-state index >= 15 is 0 Å². The molecular weight excluding hydrogens is 216 g/mol. The second-order valence-corrected chi connectivity index (χ2v) is 5.53. The molecule has 98 valence electrons. The fourth-order valence-electron chi connectivity index (χ4n) is 1.88. The van der Waals surface area contributed by atoms with Crippen LogP contribution in [0.5, 0.6) is 0 Å². The number of ether oxygens (including phenoxy) is 1. The molecule has 0 radical (unpaired) electrons. The minimum Gasteiger partial charge on any atom is -0.444 e. The van der Waals surface area contributed by atoms with Gasteiger partial charge in [-0.3, -0.25) is 0 Å². The molecule has 1 heterocycles. The van der Waals surface area contributed by atoms with Gasteiger partial charge in [0.1, 0.15) is 5.60 Å². The van der Waals surface area contributed by atoms with Crippen molar-refractivity contribution in [3.8, 4) is 0 Å². The second-order valence-electron chi connectivity index (χ2n) is 5.53. The van der Waals surface area contributed by atoms with E-state index in [2.05, 4.69) is 11.9 Å². The normalized spacial score (nSPS) is 20.4. The molecule has 0 aromatic rings. The van der Waals surface area contributed by atoms with Crippen LogP contribution in [0.3, 0.4) is 0 Å². The van der Waals surface area contributed by atoms with Crippen molar-refractivity contribution in [3.05, 3.63) is 12.7 Å². The van der Waals surface area contributed by atoms with Crippen LogP contribution in [0, 0.1) is 5.92 Å². The molecule has 0 aliphatic carbocycles. The number of carbonyl (C=O) groups is 1. The van der Waals surface area contributed by atoms with Gasteiger partial charge in [0.25, 0.3) is 0 Å². The molecule has 0 unspecified atom stereocenters. The van der Waals surface area contributed by atoms with Crippen molar-refractivity contribution in [2.75, 3.05) is 26.2 Å². The fourth-order valence-corrected chi connectivity index (χ4v) is 1.88. The topological polar surface area (TPSA) is 41.6 Å². The Bertz CT molecular complexity index is 271. The first-order chi connectivity index (χ1) is 7.92. The van der Waals surface area contributed by atoms with E-state index in [0.29, 0.717) is 5.92 Å². The zero-order valence-electron chi connectivity index (χ0n) is 11.2. The Morgan fingerprint density at radius 2 is 2.29 bits per heavy atom. The van der Waals surface area contributed by atoms with Gasteiger partial charge in [-0.25, -0.2) is 4.79 Å². The zero-order valence-corrected chi connectivity index (χ0v) is 11.2. The van der Waals surface area contributed by atoms with Crippen molar-refractivity contribution in [1.29, 1.82) is 0 Å². The Morgan fingerprint density at radius 1 is 1.59 bits per heavy atom. The first-order valence-corrected chi connectivity index (χ1v) is 6.22. The second kappa shape index (κ2) is 6.05. The molecule has 1 aliphatic heterocycles. The Balaban J connectivity index is 2.29. The van der Waals surface area contributed by atoms with Crippen LogP contribution < -0.4 is 5.32 Å². The Labute approximate surface area is 104 Å². The molecule has 1 aliphatic rings. The van der Waals surface area contributed by atoms with Gasteiger partial charge in [-0.05, 0) is 33.1 Å². The monoisotopic (exact) mass is 240 g/mol. The minimum atomic E-state index is -0.406. The average Bonchev–Trinajstić information content (AvgIpc) is 2.64. The standard InChI is InChI=1S/C13H24N2O2/c1-5-7-14-9-11-6-8-15(10-11)12(16)17-13(2,3)4/h5,11,14H,1,6-10H2,2-4H3/t11-/m0/s1. The molecule has 4 heteroatoms. The average molecular weight is 240 g/mol. The van der Waals surface area contributed by atoms with Crippen molar-refractivity contribution in [1.82, 2.24) is 10.2 Å². The summed E-state index contributed by atoms with van der Waals surface area (Å²) in [6.07, 6.45) is 2.70. The van der Waals surface area contributed by atoms with Crippen molar-refractivity contribution in [3.63, 3.8) is 0 Å². The molecule has 0 bridgehead atoms. The van der Waals surface area contributed by atoms with Crippen LogP contribution in [0.15, 0.2) is 12.7 Å². The molecule has 0 saturated carbocycles. The van der Waals surface area contributed by atoms with Gasteiger partial charge >= 0.3 is 6.09 Å². The molecular formula is C13H24N2O2. The molecule has 1 saturated heterocycles. The van der Waals surface area contributed by atoms with Crippen LogP contribution >= 0.6 is 0 Å². The summed E-state index contributed by atoms with van der Waals surface area (Å²) in [5.74, 6) is 0.530. The van der Waals surface area contributed by atoms with E-state index in [9.17, 15) is 4.79 Å². The quantitative estimate of drug-likeness (QED) is 0.604.